The number of carboxylic acids is 1. The van der Waals surface area contributed by atoms with E-state index in [2.05, 4.69) is 5.32 Å². The topological polar surface area (TPSA) is 86.7 Å². The number of hydrogen-bond acceptors (Lipinski definition) is 3. The number of rotatable bonds is 7. The van der Waals surface area contributed by atoms with Crippen LogP contribution in [0.25, 0.3) is 0 Å². The Morgan fingerprint density at radius 2 is 1.96 bits per heavy atom. The first-order valence-corrected chi connectivity index (χ1v) is 8.25. The number of carbonyl (C=O) groups excluding carboxylic acids is 2. The van der Waals surface area contributed by atoms with Gasteiger partial charge in [-0.1, -0.05) is 30.3 Å². The zero-order valence-corrected chi connectivity index (χ0v) is 14.1. The summed E-state index contributed by atoms with van der Waals surface area (Å²) in [7, 11) is 0. The van der Waals surface area contributed by atoms with E-state index in [4.69, 9.17) is 5.11 Å². The third-order valence-corrected chi connectivity index (χ3v) is 4.46. The van der Waals surface area contributed by atoms with Gasteiger partial charge in [-0.2, -0.15) is 0 Å². The SMILES string of the molecule is CC(CCC(=O)O)NC(=O)C1CC(=O)N(C(C)c2ccccc2)C1. The molecule has 6 nitrogen and oxygen atoms in total. The summed E-state index contributed by atoms with van der Waals surface area (Å²) in [6.07, 6.45) is 0.600. The van der Waals surface area contributed by atoms with E-state index < -0.39 is 5.97 Å². The molecule has 3 atom stereocenters. The number of nitrogens with zero attached hydrogens (tertiary/aromatic N) is 1. The minimum Gasteiger partial charge on any atom is -0.481 e. The summed E-state index contributed by atoms with van der Waals surface area (Å²) in [6, 6.07) is 9.45. The van der Waals surface area contributed by atoms with Gasteiger partial charge in [-0.3, -0.25) is 14.4 Å². The summed E-state index contributed by atoms with van der Waals surface area (Å²) in [4.78, 5) is 36.9. The molecule has 0 radical (unpaired) electrons. The van der Waals surface area contributed by atoms with Gasteiger partial charge in [0.05, 0.1) is 12.0 Å². The Labute approximate surface area is 141 Å². The molecule has 3 unspecified atom stereocenters. The highest BCUT2D eigenvalue weighted by atomic mass is 16.4. The first-order valence-electron chi connectivity index (χ1n) is 8.25. The Kier molecular flexibility index (Phi) is 5.95. The molecule has 1 aliphatic heterocycles. The van der Waals surface area contributed by atoms with Crippen molar-refractivity contribution in [2.75, 3.05) is 6.54 Å². The number of nitrogens with one attached hydrogen (secondary N) is 1. The maximum atomic E-state index is 12.3. The summed E-state index contributed by atoms with van der Waals surface area (Å²) in [5, 5.41) is 11.5. The lowest BCUT2D eigenvalue weighted by Gasteiger charge is -2.25. The molecule has 0 saturated carbocycles. The van der Waals surface area contributed by atoms with Crippen molar-refractivity contribution in [3.8, 4) is 0 Å². The van der Waals surface area contributed by atoms with Gasteiger partial charge in [0.25, 0.3) is 0 Å². The molecule has 1 aromatic rings. The normalized spacial score (nSPS) is 19.8. The van der Waals surface area contributed by atoms with Crippen molar-refractivity contribution in [2.45, 2.75) is 45.2 Å². The minimum absolute atomic E-state index is 0.0161. The van der Waals surface area contributed by atoms with Crippen molar-refractivity contribution in [3.63, 3.8) is 0 Å². The van der Waals surface area contributed by atoms with Crippen LogP contribution in [-0.2, 0) is 14.4 Å². The average molecular weight is 332 g/mol. The van der Waals surface area contributed by atoms with Crippen molar-refractivity contribution >= 4 is 17.8 Å². The average Bonchev–Trinajstić information content (AvgIpc) is 2.95. The predicted molar refractivity (Wildman–Crippen MR) is 89.2 cm³/mol. The van der Waals surface area contributed by atoms with E-state index in [0.717, 1.165) is 5.56 Å². The van der Waals surface area contributed by atoms with Gasteiger partial charge in [0, 0.05) is 25.4 Å². The number of carboxylic acid groups (broad SMARTS) is 1. The maximum absolute atomic E-state index is 12.3. The molecule has 1 fully saturated rings. The van der Waals surface area contributed by atoms with Crippen molar-refractivity contribution in [1.82, 2.24) is 10.2 Å². The third kappa shape index (κ3) is 4.57. The molecule has 0 aliphatic carbocycles. The van der Waals surface area contributed by atoms with Crippen LogP contribution in [0.1, 0.15) is 44.7 Å². The van der Waals surface area contributed by atoms with E-state index in [1.165, 1.54) is 0 Å². The molecule has 1 aromatic carbocycles. The van der Waals surface area contributed by atoms with E-state index in [-0.39, 0.29) is 42.7 Å². The largest absolute Gasteiger partial charge is 0.481 e. The van der Waals surface area contributed by atoms with Crippen molar-refractivity contribution in [3.05, 3.63) is 35.9 Å². The van der Waals surface area contributed by atoms with Crippen LogP contribution in [0.4, 0.5) is 0 Å². The lowest BCUT2D eigenvalue weighted by Crippen LogP contribution is -2.38. The van der Waals surface area contributed by atoms with Gasteiger partial charge in [-0.15, -0.1) is 0 Å². The van der Waals surface area contributed by atoms with E-state index in [9.17, 15) is 14.4 Å². The van der Waals surface area contributed by atoms with Gasteiger partial charge >= 0.3 is 5.97 Å². The number of likely N-dealkylation sites (tertiary alicyclic amines) is 1. The fraction of sp³-hybridized carbons (Fsp3) is 0.500. The highest BCUT2D eigenvalue weighted by Gasteiger charge is 2.37. The van der Waals surface area contributed by atoms with Crippen LogP contribution in [0.2, 0.25) is 0 Å². The molecular formula is C18H24N2O4. The van der Waals surface area contributed by atoms with Gasteiger partial charge in [0.2, 0.25) is 11.8 Å². The lowest BCUT2D eigenvalue weighted by molar-refractivity contribution is -0.137. The van der Waals surface area contributed by atoms with Crippen molar-refractivity contribution in [1.29, 1.82) is 0 Å². The molecule has 1 heterocycles. The zero-order chi connectivity index (χ0) is 17.7. The van der Waals surface area contributed by atoms with E-state index in [1.54, 1.807) is 11.8 Å². The molecule has 24 heavy (non-hydrogen) atoms. The second-order valence-corrected chi connectivity index (χ2v) is 6.38. The van der Waals surface area contributed by atoms with Crippen LogP contribution >= 0.6 is 0 Å². The van der Waals surface area contributed by atoms with Gasteiger partial charge in [-0.05, 0) is 25.8 Å². The highest BCUT2D eigenvalue weighted by Crippen LogP contribution is 2.28. The Morgan fingerprint density at radius 3 is 2.58 bits per heavy atom. The van der Waals surface area contributed by atoms with Crippen LogP contribution in [0.15, 0.2) is 30.3 Å². The fourth-order valence-electron chi connectivity index (χ4n) is 2.97. The van der Waals surface area contributed by atoms with Gasteiger partial charge in [-0.25, -0.2) is 0 Å². The second-order valence-electron chi connectivity index (χ2n) is 6.38. The van der Waals surface area contributed by atoms with E-state index in [0.29, 0.717) is 13.0 Å². The number of aliphatic carboxylic acids is 1. The molecule has 0 bridgehead atoms. The number of carbonyl (C=O) groups is 3. The summed E-state index contributed by atoms with van der Waals surface area (Å²) >= 11 is 0. The summed E-state index contributed by atoms with van der Waals surface area (Å²) in [6.45, 7) is 4.14. The molecule has 2 rings (SSSR count). The van der Waals surface area contributed by atoms with Crippen molar-refractivity contribution < 1.29 is 19.5 Å². The van der Waals surface area contributed by atoms with Crippen LogP contribution < -0.4 is 5.32 Å². The Morgan fingerprint density at radius 1 is 1.29 bits per heavy atom. The minimum atomic E-state index is -0.880. The molecule has 1 saturated heterocycles. The highest BCUT2D eigenvalue weighted by molar-refractivity contribution is 5.89. The predicted octanol–water partition coefficient (Wildman–Crippen LogP) is 1.97. The van der Waals surface area contributed by atoms with Gasteiger partial charge in [0.1, 0.15) is 0 Å². The summed E-state index contributed by atoms with van der Waals surface area (Å²) < 4.78 is 0. The van der Waals surface area contributed by atoms with E-state index in [1.807, 2.05) is 37.3 Å². The first kappa shape index (κ1) is 18.0. The first-order chi connectivity index (χ1) is 11.4. The molecule has 0 aromatic heterocycles. The molecule has 2 amide bonds. The number of benzene rings is 1. The van der Waals surface area contributed by atoms with Crippen LogP contribution in [0.3, 0.4) is 0 Å². The monoisotopic (exact) mass is 332 g/mol. The lowest BCUT2D eigenvalue weighted by atomic mass is 10.1. The Balaban J connectivity index is 1.91. The maximum Gasteiger partial charge on any atom is 0.303 e. The Bertz CT molecular complexity index is 602. The van der Waals surface area contributed by atoms with E-state index >= 15 is 0 Å². The second kappa shape index (κ2) is 7.95. The molecule has 2 N–H and O–H groups in total. The molecule has 130 valence electrons. The van der Waals surface area contributed by atoms with Crippen molar-refractivity contribution in [2.24, 2.45) is 5.92 Å². The van der Waals surface area contributed by atoms with Gasteiger partial charge < -0.3 is 15.3 Å². The van der Waals surface area contributed by atoms with Crippen LogP contribution in [-0.4, -0.2) is 40.4 Å². The molecule has 6 heteroatoms. The van der Waals surface area contributed by atoms with Gasteiger partial charge in [0.15, 0.2) is 0 Å². The smallest absolute Gasteiger partial charge is 0.303 e. The standard InChI is InChI=1S/C18H24N2O4/c1-12(8-9-17(22)23)19-18(24)15-10-16(21)20(11-15)13(2)14-6-4-3-5-7-14/h3-7,12-13,15H,8-11H2,1-2H3,(H,19,24)(H,22,23). The molecule has 1 aliphatic rings. The fourth-order valence-corrected chi connectivity index (χ4v) is 2.97. The molecular weight excluding hydrogens is 308 g/mol. The third-order valence-electron chi connectivity index (χ3n) is 4.46. The molecule has 0 spiro atoms. The Hall–Kier alpha value is -2.37. The van der Waals surface area contributed by atoms with Crippen LogP contribution in [0, 0.1) is 5.92 Å². The summed E-state index contributed by atoms with van der Waals surface area (Å²) in [5.74, 6) is -1.46. The quantitative estimate of drug-likeness (QED) is 0.799. The number of hydrogen-bond donors (Lipinski definition) is 2. The van der Waals surface area contributed by atoms with Crippen LogP contribution in [0.5, 0.6) is 0 Å². The number of amides is 2. The zero-order valence-electron chi connectivity index (χ0n) is 14.1. The summed E-state index contributed by atoms with van der Waals surface area (Å²) in [5.41, 5.74) is 1.04.